The van der Waals surface area contributed by atoms with Crippen LogP contribution in [0.5, 0.6) is 5.75 Å². The number of hydrogen-bond donors (Lipinski definition) is 2. The van der Waals surface area contributed by atoms with Crippen LogP contribution in [0.25, 0.3) is 0 Å². The predicted molar refractivity (Wildman–Crippen MR) is 84.6 cm³/mol. The van der Waals surface area contributed by atoms with Crippen molar-refractivity contribution in [2.75, 3.05) is 19.8 Å². The highest BCUT2D eigenvalue weighted by atomic mass is 16.5. The Labute approximate surface area is 127 Å². The van der Waals surface area contributed by atoms with Crippen LogP contribution < -0.4 is 10.1 Å². The molecular weight excluding hydrogens is 266 g/mol. The highest BCUT2D eigenvalue weighted by Crippen LogP contribution is 2.24. The molecule has 2 N–H and O–H groups in total. The van der Waals surface area contributed by atoms with Crippen LogP contribution in [0.1, 0.15) is 44.2 Å². The summed E-state index contributed by atoms with van der Waals surface area (Å²) in [4.78, 5) is 11.8. The van der Waals surface area contributed by atoms with Gasteiger partial charge in [0.1, 0.15) is 5.75 Å². The Morgan fingerprint density at radius 3 is 2.67 bits per heavy atom. The van der Waals surface area contributed by atoms with E-state index in [9.17, 15) is 4.79 Å². The van der Waals surface area contributed by atoms with E-state index in [2.05, 4.69) is 25.2 Å². The van der Waals surface area contributed by atoms with Crippen molar-refractivity contribution in [1.82, 2.24) is 5.32 Å². The minimum atomic E-state index is -0.130. The Bertz CT molecular complexity index is 457. The molecule has 1 amide bonds. The third-order valence-corrected chi connectivity index (χ3v) is 3.51. The fourth-order valence-corrected chi connectivity index (χ4v) is 1.94. The fraction of sp³-hybridized carbons (Fsp3) is 0.588. The molecule has 1 atom stereocenters. The number of aryl methyl sites for hydroxylation is 1. The molecule has 21 heavy (non-hydrogen) atoms. The number of aliphatic hydroxyl groups excluding tert-OH is 1. The van der Waals surface area contributed by atoms with Crippen LogP contribution >= 0.6 is 0 Å². The summed E-state index contributed by atoms with van der Waals surface area (Å²) in [5.41, 5.74) is 2.23. The number of hydrogen-bond acceptors (Lipinski definition) is 3. The minimum absolute atomic E-state index is 0.0221. The zero-order valence-electron chi connectivity index (χ0n) is 13.5. The number of rotatable bonds is 8. The van der Waals surface area contributed by atoms with Crippen LogP contribution in [0, 0.1) is 12.8 Å². The monoisotopic (exact) mass is 293 g/mol. The molecule has 0 bridgehead atoms. The second kappa shape index (κ2) is 8.67. The van der Waals surface area contributed by atoms with Gasteiger partial charge in [-0.25, -0.2) is 0 Å². The van der Waals surface area contributed by atoms with Gasteiger partial charge in [-0.15, -0.1) is 0 Å². The predicted octanol–water partition coefficient (Wildman–Crippen LogP) is 2.63. The van der Waals surface area contributed by atoms with Crippen LogP contribution in [-0.4, -0.2) is 30.8 Å². The van der Waals surface area contributed by atoms with Crippen molar-refractivity contribution in [3.63, 3.8) is 0 Å². The zero-order valence-corrected chi connectivity index (χ0v) is 13.5. The summed E-state index contributed by atoms with van der Waals surface area (Å²) in [6.45, 7) is 8.96. The Balaban J connectivity index is 2.47. The second-order valence-corrected chi connectivity index (χ2v) is 5.89. The minimum Gasteiger partial charge on any atom is -0.483 e. The van der Waals surface area contributed by atoms with Crippen LogP contribution in [-0.2, 0) is 4.79 Å². The quantitative estimate of drug-likeness (QED) is 0.774. The highest BCUT2D eigenvalue weighted by molar-refractivity contribution is 5.77. The Hall–Kier alpha value is -1.55. The van der Waals surface area contributed by atoms with E-state index in [1.54, 1.807) is 0 Å². The maximum absolute atomic E-state index is 11.8. The molecule has 4 heteroatoms. The second-order valence-electron chi connectivity index (χ2n) is 5.89. The van der Waals surface area contributed by atoms with E-state index in [1.807, 2.05) is 26.0 Å². The van der Waals surface area contributed by atoms with Crippen molar-refractivity contribution in [2.24, 2.45) is 5.92 Å². The summed E-state index contributed by atoms with van der Waals surface area (Å²) < 4.78 is 5.62. The molecule has 118 valence electrons. The lowest BCUT2D eigenvalue weighted by atomic mass is 10.0. The summed E-state index contributed by atoms with van der Waals surface area (Å²) >= 11 is 0. The Morgan fingerprint density at radius 2 is 2.05 bits per heavy atom. The number of benzene rings is 1. The molecule has 0 fully saturated rings. The molecule has 1 aromatic rings. The first-order valence-corrected chi connectivity index (χ1v) is 7.55. The molecule has 0 aliphatic carbocycles. The number of ether oxygens (including phenoxy) is 1. The van der Waals surface area contributed by atoms with Crippen molar-refractivity contribution >= 4 is 5.91 Å². The van der Waals surface area contributed by atoms with Crippen molar-refractivity contribution in [3.05, 3.63) is 29.3 Å². The molecular formula is C17H27NO3. The maximum atomic E-state index is 11.8. The van der Waals surface area contributed by atoms with Gasteiger partial charge in [-0.05, 0) is 42.4 Å². The molecule has 0 radical (unpaired) electrons. The lowest BCUT2D eigenvalue weighted by molar-refractivity contribution is -0.123. The topological polar surface area (TPSA) is 58.6 Å². The molecule has 0 saturated heterocycles. The molecule has 4 nitrogen and oxygen atoms in total. The first-order chi connectivity index (χ1) is 9.93. The van der Waals surface area contributed by atoms with Gasteiger partial charge >= 0.3 is 0 Å². The van der Waals surface area contributed by atoms with Gasteiger partial charge in [-0.3, -0.25) is 4.79 Å². The lowest BCUT2D eigenvalue weighted by Crippen LogP contribution is -2.32. The zero-order chi connectivity index (χ0) is 15.8. The van der Waals surface area contributed by atoms with Gasteiger partial charge in [0.2, 0.25) is 0 Å². The maximum Gasteiger partial charge on any atom is 0.257 e. The first kappa shape index (κ1) is 17.5. The molecule has 0 aliphatic heterocycles. The van der Waals surface area contributed by atoms with Crippen LogP contribution in [0.2, 0.25) is 0 Å². The van der Waals surface area contributed by atoms with Gasteiger partial charge < -0.3 is 15.2 Å². The van der Waals surface area contributed by atoms with Gasteiger partial charge in [-0.1, -0.05) is 32.9 Å². The summed E-state index contributed by atoms with van der Waals surface area (Å²) in [5, 5.41) is 11.6. The van der Waals surface area contributed by atoms with E-state index in [1.165, 1.54) is 5.56 Å². The summed E-state index contributed by atoms with van der Waals surface area (Å²) in [7, 11) is 0. The largest absolute Gasteiger partial charge is 0.483 e. The molecule has 1 aromatic carbocycles. The molecule has 0 aliphatic rings. The van der Waals surface area contributed by atoms with Gasteiger partial charge in [0.05, 0.1) is 0 Å². The van der Waals surface area contributed by atoms with Gasteiger partial charge in [-0.2, -0.15) is 0 Å². The molecule has 1 rings (SSSR count). The summed E-state index contributed by atoms with van der Waals surface area (Å²) in [6, 6.07) is 6.11. The van der Waals surface area contributed by atoms with E-state index in [-0.39, 0.29) is 25.0 Å². The Kier molecular flexibility index (Phi) is 7.23. The van der Waals surface area contributed by atoms with E-state index in [0.29, 0.717) is 18.9 Å². The lowest BCUT2D eigenvalue weighted by Gasteiger charge is -2.14. The molecule has 0 spiro atoms. The standard InChI is InChI=1S/C17H27NO3/c1-12(2)15-6-5-14(4)16(9-15)21-11-17(20)18-10-13(3)7-8-19/h5-6,9,12-13,19H,7-8,10-11H2,1-4H3,(H,18,20). The van der Waals surface area contributed by atoms with E-state index >= 15 is 0 Å². The van der Waals surface area contributed by atoms with Gasteiger partial charge in [0.25, 0.3) is 5.91 Å². The average Bonchev–Trinajstić information content (AvgIpc) is 2.44. The number of nitrogens with one attached hydrogen (secondary N) is 1. The third-order valence-electron chi connectivity index (χ3n) is 3.51. The van der Waals surface area contributed by atoms with Crippen molar-refractivity contribution in [2.45, 2.75) is 40.0 Å². The van der Waals surface area contributed by atoms with E-state index in [0.717, 1.165) is 11.3 Å². The van der Waals surface area contributed by atoms with E-state index in [4.69, 9.17) is 9.84 Å². The van der Waals surface area contributed by atoms with Gasteiger partial charge in [0, 0.05) is 13.2 Å². The first-order valence-electron chi connectivity index (χ1n) is 7.55. The molecule has 1 unspecified atom stereocenters. The summed E-state index contributed by atoms with van der Waals surface area (Å²) in [5.74, 6) is 1.33. The third kappa shape index (κ3) is 6.17. The molecule has 0 aromatic heterocycles. The van der Waals surface area contributed by atoms with Crippen LogP contribution in [0.15, 0.2) is 18.2 Å². The average molecular weight is 293 g/mol. The van der Waals surface area contributed by atoms with Gasteiger partial charge in [0.15, 0.2) is 6.61 Å². The highest BCUT2D eigenvalue weighted by Gasteiger charge is 2.09. The molecule has 0 saturated carbocycles. The molecule has 0 heterocycles. The smallest absolute Gasteiger partial charge is 0.257 e. The van der Waals surface area contributed by atoms with E-state index < -0.39 is 0 Å². The van der Waals surface area contributed by atoms with Crippen LogP contribution in [0.3, 0.4) is 0 Å². The van der Waals surface area contributed by atoms with Crippen molar-refractivity contribution in [1.29, 1.82) is 0 Å². The fourth-order valence-electron chi connectivity index (χ4n) is 1.94. The normalized spacial score (nSPS) is 12.3. The van der Waals surface area contributed by atoms with Crippen molar-refractivity contribution < 1.29 is 14.6 Å². The number of aliphatic hydroxyl groups is 1. The SMILES string of the molecule is Cc1ccc(C(C)C)cc1OCC(=O)NCC(C)CCO. The Morgan fingerprint density at radius 1 is 1.33 bits per heavy atom. The van der Waals surface area contributed by atoms with Crippen molar-refractivity contribution in [3.8, 4) is 5.75 Å². The number of carbonyl (C=O) groups is 1. The number of carbonyl (C=O) groups excluding carboxylic acids is 1. The van der Waals surface area contributed by atoms with Crippen LogP contribution in [0.4, 0.5) is 0 Å². The summed E-state index contributed by atoms with van der Waals surface area (Å²) in [6.07, 6.45) is 0.691. The number of amides is 1.